The number of rotatable bonds is 8. The molecule has 29 heavy (non-hydrogen) atoms. The summed E-state index contributed by atoms with van der Waals surface area (Å²) in [7, 11) is 1.45. The van der Waals surface area contributed by atoms with Crippen LogP contribution in [0.25, 0.3) is 0 Å². The van der Waals surface area contributed by atoms with Gasteiger partial charge in [-0.3, -0.25) is 20.2 Å². The van der Waals surface area contributed by atoms with E-state index in [-0.39, 0.29) is 23.3 Å². The molecule has 0 saturated carbocycles. The summed E-state index contributed by atoms with van der Waals surface area (Å²) in [5.74, 6) is 0.0373. The number of ether oxygens (including phenoxy) is 1. The number of nitrogens with one attached hydrogen (secondary N) is 2. The molecule has 0 saturated heterocycles. The number of nitro groups is 1. The zero-order valence-corrected chi connectivity index (χ0v) is 16.8. The number of carbonyl (C=O) groups is 1. The number of hydrogen-bond donors (Lipinski definition) is 2. The summed E-state index contributed by atoms with van der Waals surface area (Å²) in [6.07, 6.45) is 0. The fraction of sp³-hybridized carbons (Fsp3) is 0.190. The van der Waals surface area contributed by atoms with Crippen LogP contribution in [-0.2, 0) is 4.79 Å². The topological polar surface area (TPSA) is 93.5 Å². The largest absolute Gasteiger partial charge is 0.495 e. The Kier molecular flexibility index (Phi) is 6.58. The fourth-order valence-corrected chi connectivity index (χ4v) is 3.73. The maximum Gasteiger partial charge on any atom is 0.271 e. The van der Waals surface area contributed by atoms with Crippen LogP contribution in [0.2, 0.25) is 0 Å². The van der Waals surface area contributed by atoms with Crippen molar-refractivity contribution in [3.63, 3.8) is 0 Å². The number of methoxy groups -OCH3 is 1. The number of nitro benzene ring substituents is 1. The molecule has 0 aliphatic carbocycles. The van der Waals surface area contributed by atoms with Crippen molar-refractivity contribution in [2.75, 3.05) is 12.4 Å². The zero-order valence-electron chi connectivity index (χ0n) is 16.0. The Balaban J connectivity index is 1.79. The van der Waals surface area contributed by atoms with Gasteiger partial charge in [-0.05, 0) is 30.0 Å². The number of non-ortho nitro benzene ring substituents is 1. The Hall–Kier alpha value is -3.23. The van der Waals surface area contributed by atoms with Crippen LogP contribution < -0.4 is 15.4 Å². The molecule has 150 valence electrons. The smallest absolute Gasteiger partial charge is 0.271 e. The molecule has 1 aromatic heterocycles. The van der Waals surface area contributed by atoms with Crippen molar-refractivity contribution < 1.29 is 14.5 Å². The molecule has 0 aliphatic rings. The highest BCUT2D eigenvalue weighted by Gasteiger charge is 2.23. The molecule has 0 fully saturated rings. The van der Waals surface area contributed by atoms with E-state index < -0.39 is 11.0 Å². The molecule has 2 N–H and O–H groups in total. The molecule has 0 spiro atoms. The van der Waals surface area contributed by atoms with Crippen molar-refractivity contribution in [2.45, 2.75) is 19.0 Å². The van der Waals surface area contributed by atoms with Gasteiger partial charge in [0.1, 0.15) is 5.75 Å². The summed E-state index contributed by atoms with van der Waals surface area (Å²) >= 11 is 1.61. The number of anilines is 1. The summed E-state index contributed by atoms with van der Waals surface area (Å²) in [6.45, 7) is 1.75. The second kappa shape index (κ2) is 9.31. The molecule has 1 amide bonds. The molecule has 0 aliphatic heterocycles. The highest BCUT2D eigenvalue weighted by atomic mass is 32.1. The lowest BCUT2D eigenvalue weighted by molar-refractivity contribution is -0.384. The summed E-state index contributed by atoms with van der Waals surface area (Å²) < 4.78 is 5.21. The Morgan fingerprint density at radius 1 is 1.14 bits per heavy atom. The van der Waals surface area contributed by atoms with Gasteiger partial charge >= 0.3 is 0 Å². The van der Waals surface area contributed by atoms with Gasteiger partial charge in [0.15, 0.2) is 0 Å². The molecular weight excluding hydrogens is 390 g/mol. The van der Waals surface area contributed by atoms with Gasteiger partial charge in [-0.25, -0.2) is 0 Å². The van der Waals surface area contributed by atoms with E-state index in [2.05, 4.69) is 10.6 Å². The van der Waals surface area contributed by atoms with Crippen LogP contribution in [0.3, 0.4) is 0 Å². The van der Waals surface area contributed by atoms with Crippen LogP contribution in [0.5, 0.6) is 5.75 Å². The van der Waals surface area contributed by atoms with Crippen LogP contribution in [-0.4, -0.2) is 24.0 Å². The monoisotopic (exact) mass is 411 g/mol. The molecule has 0 bridgehead atoms. The van der Waals surface area contributed by atoms with E-state index in [1.54, 1.807) is 18.3 Å². The third-order valence-corrected chi connectivity index (χ3v) is 5.36. The lowest BCUT2D eigenvalue weighted by Crippen LogP contribution is -2.40. The van der Waals surface area contributed by atoms with Crippen LogP contribution in [0.15, 0.2) is 66.0 Å². The van der Waals surface area contributed by atoms with Crippen LogP contribution >= 0.6 is 11.3 Å². The molecule has 0 unspecified atom stereocenters. The minimum absolute atomic E-state index is 0.123. The SMILES string of the molecule is COc1ccc([N+](=O)[O-])cc1NC(=O)[C@H](C)N[C@@H](c1ccccc1)c1cccs1. The van der Waals surface area contributed by atoms with Crippen molar-refractivity contribution >= 4 is 28.6 Å². The minimum Gasteiger partial charge on any atom is -0.495 e. The summed E-state index contributed by atoms with van der Waals surface area (Å²) in [5, 5.41) is 19.1. The third-order valence-electron chi connectivity index (χ3n) is 4.42. The fourth-order valence-electron chi connectivity index (χ4n) is 2.92. The summed E-state index contributed by atoms with van der Waals surface area (Å²) in [4.78, 5) is 24.4. The van der Waals surface area contributed by atoms with Crippen molar-refractivity contribution in [3.05, 3.63) is 86.6 Å². The molecule has 3 rings (SSSR count). The Morgan fingerprint density at radius 2 is 1.90 bits per heavy atom. The average molecular weight is 411 g/mol. The Morgan fingerprint density at radius 3 is 2.52 bits per heavy atom. The highest BCUT2D eigenvalue weighted by molar-refractivity contribution is 7.10. The molecule has 2 aromatic carbocycles. The van der Waals surface area contributed by atoms with Crippen molar-refractivity contribution in [1.82, 2.24) is 5.32 Å². The van der Waals surface area contributed by atoms with Gasteiger partial charge in [0, 0.05) is 17.0 Å². The van der Waals surface area contributed by atoms with Crippen LogP contribution in [0.1, 0.15) is 23.4 Å². The van der Waals surface area contributed by atoms with Crippen LogP contribution in [0, 0.1) is 10.1 Å². The normalized spacial score (nSPS) is 12.8. The van der Waals surface area contributed by atoms with E-state index in [9.17, 15) is 14.9 Å². The number of nitrogens with zero attached hydrogens (tertiary/aromatic N) is 1. The maximum atomic E-state index is 12.8. The molecule has 1 heterocycles. The van der Waals surface area contributed by atoms with Gasteiger partial charge < -0.3 is 10.1 Å². The standard InChI is InChI=1S/C21H21N3O4S/c1-14(21(25)23-17-13-16(24(26)27)10-11-18(17)28-2)22-20(19-9-6-12-29-19)15-7-4-3-5-8-15/h3-14,20,22H,1-2H3,(H,23,25)/t14-,20-/m0/s1. The molecular formula is C21H21N3O4S. The van der Waals surface area contributed by atoms with Crippen LogP contribution in [0.4, 0.5) is 11.4 Å². The van der Waals surface area contributed by atoms with Gasteiger partial charge in [0.2, 0.25) is 5.91 Å². The number of carbonyl (C=O) groups excluding carboxylic acids is 1. The molecule has 0 radical (unpaired) electrons. The first kappa shape index (κ1) is 20.5. The maximum absolute atomic E-state index is 12.8. The van der Waals surface area contributed by atoms with E-state index in [1.807, 2.05) is 47.8 Å². The van der Waals surface area contributed by atoms with E-state index in [0.29, 0.717) is 5.75 Å². The number of hydrogen-bond acceptors (Lipinski definition) is 6. The quantitative estimate of drug-likeness (QED) is 0.424. The van der Waals surface area contributed by atoms with Crippen molar-refractivity contribution in [2.24, 2.45) is 0 Å². The van der Waals surface area contributed by atoms with Crippen molar-refractivity contribution in [3.8, 4) is 5.75 Å². The Labute approximate surface area is 172 Å². The van der Waals surface area contributed by atoms with Gasteiger partial charge in [0.25, 0.3) is 5.69 Å². The van der Waals surface area contributed by atoms with Gasteiger partial charge in [-0.1, -0.05) is 36.4 Å². The second-order valence-corrected chi connectivity index (χ2v) is 7.36. The van der Waals surface area contributed by atoms with E-state index in [4.69, 9.17) is 4.74 Å². The van der Waals surface area contributed by atoms with Gasteiger partial charge in [-0.15, -0.1) is 11.3 Å². The molecule has 7 nitrogen and oxygen atoms in total. The number of benzene rings is 2. The third kappa shape index (κ3) is 4.98. The number of amides is 1. The second-order valence-electron chi connectivity index (χ2n) is 6.38. The molecule has 3 aromatic rings. The van der Waals surface area contributed by atoms with E-state index in [1.165, 1.54) is 25.3 Å². The summed E-state index contributed by atoms with van der Waals surface area (Å²) in [6, 6.07) is 17.2. The zero-order chi connectivity index (χ0) is 20.8. The molecule has 2 atom stereocenters. The van der Waals surface area contributed by atoms with E-state index >= 15 is 0 Å². The first-order valence-corrected chi connectivity index (χ1v) is 9.85. The average Bonchev–Trinajstić information content (AvgIpc) is 3.26. The molecule has 8 heteroatoms. The lowest BCUT2D eigenvalue weighted by atomic mass is 10.0. The van der Waals surface area contributed by atoms with Gasteiger partial charge in [0.05, 0.1) is 29.8 Å². The Bertz CT molecular complexity index is 977. The first-order chi connectivity index (χ1) is 14.0. The first-order valence-electron chi connectivity index (χ1n) is 8.97. The predicted molar refractivity (Wildman–Crippen MR) is 113 cm³/mol. The van der Waals surface area contributed by atoms with E-state index in [0.717, 1.165) is 10.4 Å². The summed E-state index contributed by atoms with van der Waals surface area (Å²) in [5.41, 5.74) is 1.18. The minimum atomic E-state index is -0.564. The lowest BCUT2D eigenvalue weighted by Gasteiger charge is -2.23. The van der Waals surface area contributed by atoms with Crippen molar-refractivity contribution in [1.29, 1.82) is 0 Å². The highest BCUT2D eigenvalue weighted by Crippen LogP contribution is 2.30. The predicted octanol–water partition coefficient (Wildman–Crippen LogP) is 4.37. The number of thiophene rings is 1. The van der Waals surface area contributed by atoms with Gasteiger partial charge in [-0.2, -0.15) is 0 Å².